The van der Waals surface area contributed by atoms with E-state index in [1.165, 1.54) is 0 Å². The van der Waals surface area contributed by atoms with Crippen molar-refractivity contribution in [2.75, 3.05) is 11.4 Å². The van der Waals surface area contributed by atoms with Crippen molar-refractivity contribution < 1.29 is 19.8 Å². The Kier molecular flexibility index (Phi) is 5.76. The molecular weight excluding hydrogens is 362 g/mol. The Labute approximate surface area is 142 Å². The second-order valence-corrected chi connectivity index (χ2v) is 5.92. The van der Waals surface area contributed by atoms with E-state index in [0.717, 1.165) is 10.2 Å². The maximum atomic E-state index is 11.3. The predicted octanol–water partition coefficient (Wildman–Crippen LogP) is 3.63. The first kappa shape index (κ1) is 17.0. The Morgan fingerprint density at radius 3 is 2.26 bits per heavy atom. The number of benzene rings is 2. The van der Waals surface area contributed by atoms with Crippen LogP contribution in [0.2, 0.25) is 0 Å². The van der Waals surface area contributed by atoms with E-state index in [9.17, 15) is 14.7 Å². The van der Waals surface area contributed by atoms with E-state index in [1.54, 1.807) is 24.3 Å². The Morgan fingerprint density at radius 1 is 1.00 bits per heavy atom. The van der Waals surface area contributed by atoms with Crippen molar-refractivity contribution in [1.29, 1.82) is 0 Å². The summed E-state index contributed by atoms with van der Waals surface area (Å²) in [5, 5.41) is 18.2. The minimum atomic E-state index is -0.991. The summed E-state index contributed by atoms with van der Waals surface area (Å²) in [5.41, 5.74) is 1.72. The first-order chi connectivity index (χ1) is 11.0. The molecule has 0 aromatic heterocycles. The maximum absolute atomic E-state index is 11.3. The highest BCUT2D eigenvalue weighted by Crippen LogP contribution is 2.22. The molecule has 2 N–H and O–H groups in total. The van der Waals surface area contributed by atoms with Gasteiger partial charge in [0, 0.05) is 23.2 Å². The molecule has 0 heterocycles. The van der Waals surface area contributed by atoms with Gasteiger partial charge in [0.05, 0.1) is 12.0 Å². The van der Waals surface area contributed by atoms with Gasteiger partial charge in [-0.1, -0.05) is 34.1 Å². The average Bonchev–Trinajstić information content (AvgIpc) is 2.52. The van der Waals surface area contributed by atoms with Crippen LogP contribution in [-0.2, 0) is 11.3 Å². The number of carboxylic acid groups (broad SMARTS) is 2. The summed E-state index contributed by atoms with van der Waals surface area (Å²) in [6.45, 7) is 0.627. The van der Waals surface area contributed by atoms with Gasteiger partial charge >= 0.3 is 11.9 Å². The molecule has 120 valence electrons. The largest absolute Gasteiger partial charge is 0.481 e. The fourth-order valence-corrected chi connectivity index (χ4v) is 2.52. The highest BCUT2D eigenvalue weighted by atomic mass is 79.9. The monoisotopic (exact) mass is 377 g/mol. The van der Waals surface area contributed by atoms with E-state index >= 15 is 0 Å². The van der Waals surface area contributed by atoms with E-state index in [-0.39, 0.29) is 12.0 Å². The Bertz CT molecular complexity index is 700. The summed E-state index contributed by atoms with van der Waals surface area (Å²) < 4.78 is 0.922. The zero-order valence-electron chi connectivity index (χ0n) is 12.3. The molecule has 2 rings (SSSR count). The smallest absolute Gasteiger partial charge is 0.336 e. The molecule has 0 bridgehead atoms. The second-order valence-electron chi connectivity index (χ2n) is 5.00. The molecule has 0 fully saturated rings. The van der Waals surface area contributed by atoms with Gasteiger partial charge in [-0.2, -0.15) is 0 Å². The molecule has 2 aromatic rings. The number of carboxylic acids is 2. The third-order valence-electron chi connectivity index (χ3n) is 3.40. The van der Waals surface area contributed by atoms with Crippen LogP contribution in [0.4, 0.5) is 5.69 Å². The minimum Gasteiger partial charge on any atom is -0.481 e. The quantitative estimate of drug-likeness (QED) is 0.770. The van der Waals surface area contributed by atoms with E-state index in [1.807, 2.05) is 29.2 Å². The van der Waals surface area contributed by atoms with Gasteiger partial charge in [-0.05, 0) is 35.9 Å². The van der Waals surface area contributed by atoms with Gasteiger partial charge in [-0.15, -0.1) is 0 Å². The van der Waals surface area contributed by atoms with Crippen LogP contribution in [0, 0.1) is 0 Å². The number of aliphatic carboxylic acids is 1. The van der Waals surface area contributed by atoms with Crippen molar-refractivity contribution >= 4 is 33.6 Å². The highest BCUT2D eigenvalue weighted by Gasteiger charge is 2.14. The molecule has 6 heteroatoms. The summed E-state index contributed by atoms with van der Waals surface area (Å²) in [6, 6.07) is 14.2. The van der Waals surface area contributed by atoms with Crippen molar-refractivity contribution in [3.8, 4) is 0 Å². The molecule has 0 spiro atoms. The molecule has 23 heavy (non-hydrogen) atoms. The molecule has 0 unspecified atom stereocenters. The van der Waals surface area contributed by atoms with E-state index < -0.39 is 11.9 Å². The van der Waals surface area contributed by atoms with Crippen LogP contribution in [0.1, 0.15) is 22.3 Å². The number of nitrogens with zero attached hydrogens (tertiary/aromatic N) is 1. The zero-order valence-corrected chi connectivity index (χ0v) is 13.9. The standard InChI is InChI=1S/C17H16BrNO4/c18-13-5-7-14(8-6-13)19(10-9-16(20)21)11-12-3-1-2-4-15(12)17(22)23/h1-8H,9-11H2,(H,20,21)(H,22,23). The number of carbonyl (C=O) groups is 2. The molecular formula is C17H16BrNO4. The summed E-state index contributed by atoms with van der Waals surface area (Å²) in [6.07, 6.45) is -0.0225. The molecule has 0 saturated carbocycles. The van der Waals surface area contributed by atoms with Crippen LogP contribution in [0.5, 0.6) is 0 Å². The van der Waals surface area contributed by atoms with Crippen molar-refractivity contribution in [3.05, 3.63) is 64.1 Å². The number of anilines is 1. The first-order valence-corrected chi connectivity index (χ1v) is 7.80. The SMILES string of the molecule is O=C(O)CCN(Cc1ccccc1C(=O)O)c1ccc(Br)cc1. The van der Waals surface area contributed by atoms with Gasteiger partial charge in [0.1, 0.15) is 0 Å². The molecule has 2 aromatic carbocycles. The van der Waals surface area contributed by atoms with Gasteiger partial charge < -0.3 is 15.1 Å². The molecule has 0 aliphatic heterocycles. The lowest BCUT2D eigenvalue weighted by Gasteiger charge is -2.25. The van der Waals surface area contributed by atoms with Crippen molar-refractivity contribution in [3.63, 3.8) is 0 Å². The summed E-state index contributed by atoms with van der Waals surface area (Å²) in [4.78, 5) is 24.1. The van der Waals surface area contributed by atoms with E-state index in [4.69, 9.17) is 5.11 Å². The molecule has 5 nitrogen and oxygen atoms in total. The second kappa shape index (κ2) is 7.78. The van der Waals surface area contributed by atoms with Crippen LogP contribution in [0.3, 0.4) is 0 Å². The molecule has 0 aliphatic carbocycles. The van der Waals surface area contributed by atoms with Crippen LogP contribution >= 0.6 is 15.9 Å². The normalized spacial score (nSPS) is 10.3. The van der Waals surface area contributed by atoms with Crippen molar-refractivity contribution in [2.24, 2.45) is 0 Å². The van der Waals surface area contributed by atoms with E-state index in [0.29, 0.717) is 18.7 Å². The third-order valence-corrected chi connectivity index (χ3v) is 3.93. The van der Waals surface area contributed by atoms with Gasteiger partial charge in [0.15, 0.2) is 0 Å². The number of hydrogen-bond acceptors (Lipinski definition) is 3. The van der Waals surface area contributed by atoms with Crippen LogP contribution in [-0.4, -0.2) is 28.7 Å². The number of hydrogen-bond donors (Lipinski definition) is 2. The van der Waals surface area contributed by atoms with Gasteiger partial charge in [0.25, 0.3) is 0 Å². The lowest BCUT2D eigenvalue weighted by atomic mass is 10.1. The molecule has 0 radical (unpaired) electrons. The van der Waals surface area contributed by atoms with Gasteiger partial charge in [-0.3, -0.25) is 4.79 Å². The molecule has 0 atom stereocenters. The van der Waals surface area contributed by atoms with Crippen LogP contribution in [0.15, 0.2) is 53.0 Å². The highest BCUT2D eigenvalue weighted by molar-refractivity contribution is 9.10. The molecule has 0 aliphatic rings. The summed E-state index contributed by atoms with van der Waals surface area (Å²) >= 11 is 3.36. The number of rotatable bonds is 7. The minimum absolute atomic E-state index is 0.0225. The molecule has 0 amide bonds. The number of halogens is 1. The third kappa shape index (κ3) is 4.82. The van der Waals surface area contributed by atoms with Crippen LogP contribution < -0.4 is 4.90 Å². The fraction of sp³-hybridized carbons (Fsp3) is 0.176. The Morgan fingerprint density at radius 2 is 1.65 bits per heavy atom. The maximum Gasteiger partial charge on any atom is 0.336 e. The predicted molar refractivity (Wildman–Crippen MR) is 90.8 cm³/mol. The zero-order chi connectivity index (χ0) is 16.8. The summed E-state index contributed by atoms with van der Waals surface area (Å²) in [7, 11) is 0. The van der Waals surface area contributed by atoms with E-state index in [2.05, 4.69) is 15.9 Å². The Balaban J connectivity index is 2.29. The van der Waals surface area contributed by atoms with Crippen LogP contribution in [0.25, 0.3) is 0 Å². The lowest BCUT2D eigenvalue weighted by molar-refractivity contribution is -0.136. The van der Waals surface area contributed by atoms with Gasteiger partial charge in [-0.25, -0.2) is 4.79 Å². The van der Waals surface area contributed by atoms with Gasteiger partial charge in [0.2, 0.25) is 0 Å². The van der Waals surface area contributed by atoms with Crippen molar-refractivity contribution in [1.82, 2.24) is 0 Å². The summed E-state index contributed by atoms with van der Waals surface area (Å²) in [5.74, 6) is -1.88. The Hall–Kier alpha value is -2.34. The van der Waals surface area contributed by atoms with Crippen molar-refractivity contribution in [2.45, 2.75) is 13.0 Å². The average molecular weight is 378 g/mol. The number of aromatic carboxylic acids is 1. The lowest BCUT2D eigenvalue weighted by Crippen LogP contribution is -2.26. The fourth-order valence-electron chi connectivity index (χ4n) is 2.25. The first-order valence-electron chi connectivity index (χ1n) is 7.01. The molecule has 0 saturated heterocycles. The topological polar surface area (TPSA) is 77.8 Å².